The molecule has 5 nitrogen and oxygen atoms in total. The number of nitrogens with two attached hydrogens (primary N) is 1. The maximum atomic E-state index is 13.6. The Labute approximate surface area is 172 Å². The number of benzene rings is 2. The van der Waals surface area contributed by atoms with Gasteiger partial charge in [-0.05, 0) is 41.5 Å². The molecule has 1 heterocycles. The van der Waals surface area contributed by atoms with Crippen LogP contribution in [0.2, 0.25) is 0 Å². The zero-order chi connectivity index (χ0) is 20.8. The molecule has 0 bridgehead atoms. The standard InChI is InChI=1S/C21H20F2N4OS/c1-29-26-18-6-4-15(5-7-18)19-3-2-8-25-21(19)20(27(24)13-28)11-14-9-16(22)12-17(23)10-14/h2-10,12-13,20,26H,11,24H2,1H3. The summed E-state index contributed by atoms with van der Waals surface area (Å²) in [5.74, 6) is 4.53. The summed E-state index contributed by atoms with van der Waals surface area (Å²) in [5, 5.41) is 0.971. The molecule has 0 saturated heterocycles. The van der Waals surface area contributed by atoms with E-state index in [1.807, 2.05) is 36.6 Å². The maximum Gasteiger partial charge on any atom is 0.224 e. The number of carbonyl (C=O) groups is 1. The fraction of sp³-hybridized carbons (Fsp3) is 0.143. The monoisotopic (exact) mass is 414 g/mol. The first-order valence-electron chi connectivity index (χ1n) is 8.79. The summed E-state index contributed by atoms with van der Waals surface area (Å²) in [7, 11) is 0. The Balaban J connectivity index is 2.01. The third-order valence-corrected chi connectivity index (χ3v) is 4.84. The molecule has 1 aromatic heterocycles. The number of nitrogens with zero attached hydrogens (tertiary/aromatic N) is 2. The smallest absolute Gasteiger partial charge is 0.224 e. The molecule has 1 unspecified atom stereocenters. The van der Waals surface area contributed by atoms with Gasteiger partial charge in [0.1, 0.15) is 11.6 Å². The molecule has 150 valence electrons. The minimum atomic E-state index is -0.700. The van der Waals surface area contributed by atoms with E-state index in [9.17, 15) is 13.6 Å². The summed E-state index contributed by atoms with van der Waals surface area (Å²) in [6.45, 7) is 0. The third-order valence-electron chi connectivity index (χ3n) is 4.40. The number of pyridine rings is 1. The highest BCUT2D eigenvalue weighted by atomic mass is 32.2. The Morgan fingerprint density at radius 1 is 1.17 bits per heavy atom. The first-order valence-corrected chi connectivity index (χ1v) is 10.0. The summed E-state index contributed by atoms with van der Waals surface area (Å²) >= 11 is 1.49. The van der Waals surface area contributed by atoms with Crippen molar-refractivity contribution in [3.63, 3.8) is 0 Å². The quantitative estimate of drug-likeness (QED) is 0.189. The number of aromatic nitrogens is 1. The Bertz CT molecular complexity index is 964. The molecule has 0 fully saturated rings. The van der Waals surface area contributed by atoms with Crippen LogP contribution in [0.15, 0.2) is 60.8 Å². The molecule has 0 spiro atoms. The highest BCUT2D eigenvalue weighted by Crippen LogP contribution is 2.31. The van der Waals surface area contributed by atoms with Gasteiger partial charge >= 0.3 is 0 Å². The van der Waals surface area contributed by atoms with Crippen LogP contribution < -0.4 is 10.6 Å². The predicted octanol–water partition coefficient (Wildman–Crippen LogP) is 4.33. The lowest BCUT2D eigenvalue weighted by molar-refractivity contribution is -0.120. The van der Waals surface area contributed by atoms with Crippen molar-refractivity contribution in [3.8, 4) is 11.1 Å². The van der Waals surface area contributed by atoms with E-state index in [0.717, 1.165) is 27.9 Å². The summed E-state index contributed by atoms with van der Waals surface area (Å²) in [5.41, 5.74) is 3.53. The minimum Gasteiger partial charge on any atom is -0.330 e. The van der Waals surface area contributed by atoms with Crippen LogP contribution in [0.5, 0.6) is 0 Å². The summed E-state index contributed by atoms with van der Waals surface area (Å²) < 4.78 is 30.4. The lowest BCUT2D eigenvalue weighted by Gasteiger charge is -2.25. The zero-order valence-corrected chi connectivity index (χ0v) is 16.5. The number of halogens is 2. The van der Waals surface area contributed by atoms with Crippen molar-refractivity contribution in [3.05, 3.63) is 83.7 Å². The van der Waals surface area contributed by atoms with Gasteiger partial charge in [-0.2, -0.15) is 0 Å². The summed E-state index contributed by atoms with van der Waals surface area (Å²) in [6, 6.07) is 13.9. The molecular weight excluding hydrogens is 394 g/mol. The summed E-state index contributed by atoms with van der Waals surface area (Å²) in [4.78, 5) is 15.9. The van der Waals surface area contributed by atoms with Crippen LogP contribution in [0.25, 0.3) is 11.1 Å². The first kappa shape index (κ1) is 20.8. The Kier molecular flexibility index (Phi) is 6.79. The first-order chi connectivity index (χ1) is 14.0. The van der Waals surface area contributed by atoms with Gasteiger partial charge in [0.15, 0.2) is 0 Å². The van der Waals surface area contributed by atoms with Gasteiger partial charge in [-0.15, -0.1) is 0 Å². The SMILES string of the molecule is CSNc1ccc(-c2cccnc2C(Cc2cc(F)cc(F)c2)N(N)C=O)cc1. The minimum absolute atomic E-state index is 0.111. The van der Waals surface area contributed by atoms with Gasteiger partial charge in [0, 0.05) is 36.2 Å². The maximum absolute atomic E-state index is 13.6. The molecule has 0 aliphatic rings. The van der Waals surface area contributed by atoms with Crippen LogP contribution in [0.4, 0.5) is 14.5 Å². The van der Waals surface area contributed by atoms with Gasteiger partial charge in [-0.3, -0.25) is 14.8 Å². The van der Waals surface area contributed by atoms with Crippen molar-refractivity contribution in [1.82, 2.24) is 9.99 Å². The average Bonchev–Trinajstić information content (AvgIpc) is 2.72. The van der Waals surface area contributed by atoms with E-state index in [0.29, 0.717) is 17.7 Å². The fourth-order valence-corrected chi connectivity index (χ4v) is 3.50. The molecule has 0 aliphatic carbocycles. The fourth-order valence-electron chi connectivity index (χ4n) is 3.13. The van der Waals surface area contributed by atoms with E-state index in [-0.39, 0.29) is 6.42 Å². The molecule has 3 N–H and O–H groups in total. The van der Waals surface area contributed by atoms with E-state index < -0.39 is 17.7 Å². The van der Waals surface area contributed by atoms with Crippen molar-refractivity contribution >= 4 is 24.0 Å². The number of rotatable bonds is 8. The van der Waals surface area contributed by atoms with Gasteiger partial charge in [0.25, 0.3) is 0 Å². The number of hydrazine groups is 1. The van der Waals surface area contributed by atoms with E-state index >= 15 is 0 Å². The molecule has 2 aromatic carbocycles. The second-order valence-electron chi connectivity index (χ2n) is 6.37. The van der Waals surface area contributed by atoms with Gasteiger partial charge in [-0.1, -0.05) is 30.1 Å². The van der Waals surface area contributed by atoms with Gasteiger partial charge in [0.2, 0.25) is 6.41 Å². The van der Waals surface area contributed by atoms with Gasteiger partial charge in [0.05, 0.1) is 11.7 Å². The molecule has 29 heavy (non-hydrogen) atoms. The van der Waals surface area contributed by atoms with Crippen LogP contribution >= 0.6 is 11.9 Å². The highest BCUT2D eigenvalue weighted by molar-refractivity contribution is 7.99. The van der Waals surface area contributed by atoms with Crippen molar-refractivity contribution in [1.29, 1.82) is 0 Å². The van der Waals surface area contributed by atoms with Crippen LogP contribution in [-0.2, 0) is 11.2 Å². The van der Waals surface area contributed by atoms with Gasteiger partial charge < -0.3 is 4.72 Å². The second kappa shape index (κ2) is 9.49. The number of nitrogens with one attached hydrogen (secondary N) is 1. The molecule has 0 aliphatic heterocycles. The third kappa shape index (κ3) is 5.10. The topological polar surface area (TPSA) is 71.2 Å². The molecule has 0 radical (unpaired) electrons. The average molecular weight is 414 g/mol. The molecular formula is C21H20F2N4OS. The van der Waals surface area contributed by atoms with Crippen molar-refractivity contribution in [2.45, 2.75) is 12.5 Å². The molecule has 3 aromatic rings. The highest BCUT2D eigenvalue weighted by Gasteiger charge is 2.23. The molecule has 1 atom stereocenters. The molecule has 0 saturated carbocycles. The lowest BCUT2D eigenvalue weighted by Crippen LogP contribution is -2.36. The number of anilines is 1. The number of amides is 1. The molecule has 3 rings (SSSR count). The number of hydrogen-bond acceptors (Lipinski definition) is 5. The van der Waals surface area contributed by atoms with Crippen molar-refractivity contribution in [2.75, 3.05) is 11.0 Å². The van der Waals surface area contributed by atoms with E-state index in [4.69, 9.17) is 5.84 Å². The van der Waals surface area contributed by atoms with Crippen LogP contribution in [-0.4, -0.2) is 22.7 Å². The van der Waals surface area contributed by atoms with Crippen LogP contribution in [0.1, 0.15) is 17.3 Å². The van der Waals surface area contributed by atoms with Crippen LogP contribution in [0.3, 0.4) is 0 Å². The van der Waals surface area contributed by atoms with E-state index in [1.54, 1.807) is 12.3 Å². The zero-order valence-electron chi connectivity index (χ0n) is 15.7. The van der Waals surface area contributed by atoms with Crippen molar-refractivity contribution < 1.29 is 13.6 Å². The van der Waals surface area contributed by atoms with Crippen molar-refractivity contribution in [2.24, 2.45) is 5.84 Å². The summed E-state index contributed by atoms with van der Waals surface area (Å²) in [6.07, 6.45) is 4.12. The normalized spacial score (nSPS) is 11.7. The number of hydrogen-bond donors (Lipinski definition) is 2. The lowest BCUT2D eigenvalue weighted by atomic mass is 9.95. The van der Waals surface area contributed by atoms with E-state index in [1.165, 1.54) is 24.1 Å². The largest absolute Gasteiger partial charge is 0.330 e. The second-order valence-corrected chi connectivity index (χ2v) is 6.98. The Morgan fingerprint density at radius 2 is 1.86 bits per heavy atom. The Morgan fingerprint density at radius 3 is 2.48 bits per heavy atom. The molecule has 1 amide bonds. The van der Waals surface area contributed by atoms with Crippen LogP contribution in [0, 0.1) is 11.6 Å². The predicted molar refractivity (Wildman–Crippen MR) is 112 cm³/mol. The number of carbonyl (C=O) groups excluding carboxylic acids is 1. The van der Waals surface area contributed by atoms with Gasteiger partial charge in [-0.25, -0.2) is 14.6 Å². The Hall–Kier alpha value is -2.97. The van der Waals surface area contributed by atoms with E-state index in [2.05, 4.69) is 9.71 Å². The molecule has 8 heteroatoms.